The smallest absolute Gasteiger partial charge is 0.280 e. The Balaban J connectivity index is 2.38. The van der Waals surface area contributed by atoms with E-state index in [-0.39, 0.29) is 5.69 Å². The molecular weight excluding hydrogens is 306 g/mol. The molecule has 2 aromatic rings. The Morgan fingerprint density at radius 2 is 1.67 bits per heavy atom. The van der Waals surface area contributed by atoms with Gasteiger partial charge in [-0.2, -0.15) is 4.39 Å². The molecule has 0 saturated carbocycles. The minimum atomic E-state index is -4.14. The molecule has 2 rings (SSSR count). The average molecular weight is 314 g/mol. The van der Waals surface area contributed by atoms with Crippen molar-refractivity contribution in [2.45, 2.75) is 4.90 Å². The second-order valence-electron chi connectivity index (χ2n) is 3.98. The minimum absolute atomic E-state index is 0.0726. The van der Waals surface area contributed by atoms with E-state index < -0.39 is 37.2 Å². The van der Waals surface area contributed by atoms with Crippen molar-refractivity contribution >= 4 is 21.4 Å². The number of sulfonamides is 1. The molecule has 0 bridgehead atoms. The van der Waals surface area contributed by atoms with Crippen molar-refractivity contribution < 1.29 is 22.1 Å². The first-order chi connectivity index (χ1) is 9.79. The largest absolute Gasteiger partial charge is 0.306 e. The maximum Gasteiger partial charge on any atom is 0.306 e. The lowest BCUT2D eigenvalue weighted by Gasteiger charge is -2.08. The van der Waals surface area contributed by atoms with Gasteiger partial charge in [-0.15, -0.1) is 0 Å². The number of rotatable bonds is 4. The van der Waals surface area contributed by atoms with Crippen LogP contribution in [0.2, 0.25) is 0 Å². The summed E-state index contributed by atoms with van der Waals surface area (Å²) in [6.45, 7) is 0. The number of benzene rings is 2. The van der Waals surface area contributed by atoms with Gasteiger partial charge in [-0.1, -0.05) is 0 Å². The average Bonchev–Trinajstić information content (AvgIpc) is 2.41. The Labute approximate surface area is 118 Å². The van der Waals surface area contributed by atoms with Gasteiger partial charge in [0.05, 0.1) is 9.82 Å². The molecule has 110 valence electrons. The van der Waals surface area contributed by atoms with E-state index >= 15 is 0 Å². The number of nitro benzene ring substituents is 1. The lowest BCUT2D eigenvalue weighted by Crippen LogP contribution is -2.13. The molecule has 0 amide bonds. The van der Waals surface area contributed by atoms with Crippen LogP contribution >= 0.6 is 0 Å². The zero-order chi connectivity index (χ0) is 15.6. The van der Waals surface area contributed by atoms with Gasteiger partial charge in [0.15, 0.2) is 0 Å². The zero-order valence-electron chi connectivity index (χ0n) is 10.3. The number of hydrogen-bond donors (Lipinski definition) is 1. The van der Waals surface area contributed by atoms with Crippen LogP contribution in [0, 0.1) is 21.7 Å². The van der Waals surface area contributed by atoms with Crippen LogP contribution in [0.5, 0.6) is 0 Å². The van der Waals surface area contributed by atoms with E-state index in [1.165, 1.54) is 12.1 Å². The van der Waals surface area contributed by atoms with Gasteiger partial charge in [-0.25, -0.2) is 12.8 Å². The van der Waals surface area contributed by atoms with E-state index in [9.17, 15) is 27.3 Å². The molecule has 0 radical (unpaired) electrons. The fourth-order valence-corrected chi connectivity index (χ4v) is 2.61. The van der Waals surface area contributed by atoms with Gasteiger partial charge < -0.3 is 0 Å². The predicted molar refractivity (Wildman–Crippen MR) is 70.3 cm³/mol. The third-order valence-corrected chi connectivity index (χ3v) is 3.90. The number of nitro groups is 1. The predicted octanol–water partition coefficient (Wildman–Crippen LogP) is 2.67. The first kappa shape index (κ1) is 14.9. The van der Waals surface area contributed by atoms with Crippen molar-refractivity contribution in [3.8, 4) is 0 Å². The molecule has 0 saturated heterocycles. The molecule has 0 atom stereocenters. The lowest BCUT2D eigenvalue weighted by molar-refractivity contribution is -0.387. The summed E-state index contributed by atoms with van der Waals surface area (Å²) in [5.41, 5.74) is -0.875. The Morgan fingerprint density at radius 3 is 2.24 bits per heavy atom. The van der Waals surface area contributed by atoms with Crippen molar-refractivity contribution in [3.05, 3.63) is 64.2 Å². The molecule has 2 aromatic carbocycles. The van der Waals surface area contributed by atoms with Crippen LogP contribution in [0.15, 0.2) is 47.4 Å². The van der Waals surface area contributed by atoms with Crippen LogP contribution in [-0.2, 0) is 10.0 Å². The third kappa shape index (κ3) is 3.31. The molecule has 0 fully saturated rings. The summed E-state index contributed by atoms with van der Waals surface area (Å²) in [7, 11) is -4.14. The SMILES string of the molecule is O=[N+]([O-])c1cc(S(=O)(=O)Nc2ccc(F)cc2)ccc1F. The highest BCUT2D eigenvalue weighted by molar-refractivity contribution is 7.92. The van der Waals surface area contributed by atoms with Crippen molar-refractivity contribution in [3.63, 3.8) is 0 Å². The van der Waals surface area contributed by atoms with Crippen LogP contribution < -0.4 is 4.72 Å². The molecular formula is C12H8F2N2O4S. The molecule has 0 spiro atoms. The summed E-state index contributed by atoms with van der Waals surface area (Å²) in [4.78, 5) is 9.11. The standard InChI is InChI=1S/C12H8F2N2O4S/c13-8-1-3-9(4-2-8)15-21(19,20)10-5-6-11(14)12(7-10)16(17)18/h1-7,15H. The summed E-state index contributed by atoms with van der Waals surface area (Å²) in [6.07, 6.45) is 0. The lowest BCUT2D eigenvalue weighted by atomic mass is 10.3. The molecule has 9 heteroatoms. The fourth-order valence-electron chi connectivity index (χ4n) is 1.53. The van der Waals surface area contributed by atoms with Crippen LogP contribution in [0.3, 0.4) is 0 Å². The highest BCUT2D eigenvalue weighted by Gasteiger charge is 2.21. The molecule has 0 aliphatic rings. The monoisotopic (exact) mass is 314 g/mol. The number of anilines is 1. The van der Waals surface area contributed by atoms with Gasteiger partial charge >= 0.3 is 5.69 Å². The summed E-state index contributed by atoms with van der Waals surface area (Å²) in [5, 5.41) is 10.6. The molecule has 1 N–H and O–H groups in total. The Morgan fingerprint density at radius 1 is 1.05 bits per heavy atom. The van der Waals surface area contributed by atoms with Crippen molar-refractivity contribution in [1.29, 1.82) is 0 Å². The molecule has 0 aliphatic carbocycles. The molecule has 0 aromatic heterocycles. The van der Waals surface area contributed by atoms with Crippen LogP contribution in [0.1, 0.15) is 0 Å². The molecule has 21 heavy (non-hydrogen) atoms. The number of hydrogen-bond acceptors (Lipinski definition) is 4. The third-order valence-electron chi connectivity index (χ3n) is 2.52. The fraction of sp³-hybridized carbons (Fsp3) is 0. The van der Waals surface area contributed by atoms with Gasteiger partial charge in [-0.3, -0.25) is 14.8 Å². The summed E-state index contributed by atoms with van der Waals surface area (Å²) in [6, 6.07) is 6.66. The summed E-state index contributed by atoms with van der Waals surface area (Å²) in [5.74, 6) is -1.68. The normalized spacial score (nSPS) is 11.1. The van der Waals surface area contributed by atoms with E-state index in [1.54, 1.807) is 0 Å². The minimum Gasteiger partial charge on any atom is -0.280 e. The van der Waals surface area contributed by atoms with E-state index in [1.807, 2.05) is 0 Å². The zero-order valence-corrected chi connectivity index (χ0v) is 11.1. The maximum atomic E-state index is 13.2. The number of nitrogens with zero attached hydrogens (tertiary/aromatic N) is 1. The number of halogens is 2. The molecule has 0 aliphatic heterocycles. The number of nitrogens with one attached hydrogen (secondary N) is 1. The van der Waals surface area contributed by atoms with Crippen molar-refractivity contribution in [2.75, 3.05) is 4.72 Å². The molecule has 0 heterocycles. The molecule has 0 unspecified atom stereocenters. The molecule has 6 nitrogen and oxygen atoms in total. The van der Waals surface area contributed by atoms with Gasteiger partial charge in [0, 0.05) is 11.8 Å². The Bertz CT molecular complexity index is 791. The quantitative estimate of drug-likeness (QED) is 0.694. The van der Waals surface area contributed by atoms with Crippen molar-refractivity contribution in [1.82, 2.24) is 0 Å². The van der Waals surface area contributed by atoms with Gasteiger partial charge in [0.1, 0.15) is 5.82 Å². The second-order valence-corrected chi connectivity index (χ2v) is 5.67. The first-order valence-corrected chi connectivity index (χ1v) is 7.00. The van der Waals surface area contributed by atoms with E-state index in [4.69, 9.17) is 0 Å². The van der Waals surface area contributed by atoms with Crippen LogP contribution in [0.25, 0.3) is 0 Å². The van der Waals surface area contributed by atoms with E-state index in [2.05, 4.69) is 4.72 Å². The maximum absolute atomic E-state index is 13.2. The highest BCUT2D eigenvalue weighted by atomic mass is 32.2. The van der Waals surface area contributed by atoms with Gasteiger partial charge in [0.25, 0.3) is 10.0 Å². The summed E-state index contributed by atoms with van der Waals surface area (Å²) < 4.78 is 52.1. The van der Waals surface area contributed by atoms with Crippen LogP contribution in [0.4, 0.5) is 20.2 Å². The van der Waals surface area contributed by atoms with Crippen LogP contribution in [-0.4, -0.2) is 13.3 Å². The first-order valence-electron chi connectivity index (χ1n) is 5.52. The second kappa shape index (κ2) is 5.44. The Kier molecular flexibility index (Phi) is 3.85. The van der Waals surface area contributed by atoms with Crippen molar-refractivity contribution in [2.24, 2.45) is 0 Å². The Hall–Kier alpha value is -2.55. The van der Waals surface area contributed by atoms with Gasteiger partial charge in [0.2, 0.25) is 5.82 Å². The summed E-state index contributed by atoms with van der Waals surface area (Å²) >= 11 is 0. The highest BCUT2D eigenvalue weighted by Crippen LogP contribution is 2.23. The van der Waals surface area contributed by atoms with Gasteiger partial charge in [-0.05, 0) is 36.4 Å². The van der Waals surface area contributed by atoms with E-state index in [0.717, 1.165) is 18.2 Å². The topological polar surface area (TPSA) is 89.3 Å². The van der Waals surface area contributed by atoms with E-state index in [0.29, 0.717) is 12.1 Å².